The van der Waals surface area contributed by atoms with Crippen LogP contribution in [-0.2, 0) is 10.0 Å². The van der Waals surface area contributed by atoms with Crippen molar-refractivity contribution < 1.29 is 13.2 Å². The summed E-state index contributed by atoms with van der Waals surface area (Å²) in [6, 6.07) is 9.22. The van der Waals surface area contributed by atoms with Gasteiger partial charge in [-0.05, 0) is 30.3 Å². The molecular weight excluding hydrogens is 499 g/mol. The summed E-state index contributed by atoms with van der Waals surface area (Å²) in [5, 5.41) is -0.102. The lowest BCUT2D eigenvalue weighted by Crippen LogP contribution is -2.15. The third-order valence-corrected chi connectivity index (χ3v) is 7.05. The largest absolute Gasteiger partial charge is 0.480 e. The average molecular weight is 512 g/mol. The van der Waals surface area contributed by atoms with Gasteiger partial charge in [-0.2, -0.15) is 0 Å². The third-order valence-electron chi connectivity index (χ3n) is 4.47. The number of benzene rings is 1. The number of fused-ring (bicyclic) bond motifs is 1. The van der Waals surface area contributed by atoms with Gasteiger partial charge in [0, 0.05) is 23.5 Å². The number of hydrogen-bond acceptors (Lipinski definition) is 6. The summed E-state index contributed by atoms with van der Waals surface area (Å²) in [5.41, 5.74) is 1.09. The van der Waals surface area contributed by atoms with Crippen molar-refractivity contribution >= 4 is 56.2 Å². The minimum atomic E-state index is -4.17. The Kier molecular flexibility index (Phi) is 6.00. The van der Waals surface area contributed by atoms with Crippen molar-refractivity contribution in [2.24, 2.45) is 0 Å². The molecule has 164 valence electrons. The Bertz CT molecular complexity index is 1500. The van der Waals surface area contributed by atoms with Crippen molar-refractivity contribution in [3.8, 4) is 17.0 Å². The van der Waals surface area contributed by atoms with E-state index in [9.17, 15) is 13.2 Å². The Morgan fingerprint density at radius 2 is 1.69 bits per heavy atom. The van der Waals surface area contributed by atoms with Crippen LogP contribution >= 0.6 is 34.8 Å². The highest BCUT2D eigenvalue weighted by Gasteiger charge is 2.24. The molecule has 4 aromatic rings. The van der Waals surface area contributed by atoms with E-state index in [2.05, 4.69) is 14.7 Å². The molecule has 0 amide bonds. The van der Waals surface area contributed by atoms with Gasteiger partial charge < -0.3 is 4.74 Å². The first-order valence-electron chi connectivity index (χ1n) is 8.89. The number of nitrogens with zero attached hydrogens (tertiary/aromatic N) is 3. The molecule has 3 heterocycles. The standard InChI is InChI=1S/C20H13Cl3N4O4S/c1-31-19-16(26-32(29,30)18-13(21)3-2-4-14(18)22)7-12(8-25-19)11-5-6-17-24-9-15(23)20(28)27(17)10-11/h2-10,26H,1H3. The van der Waals surface area contributed by atoms with Gasteiger partial charge in [-0.15, -0.1) is 0 Å². The summed E-state index contributed by atoms with van der Waals surface area (Å²) < 4.78 is 34.9. The van der Waals surface area contributed by atoms with Crippen LogP contribution in [0.3, 0.4) is 0 Å². The van der Waals surface area contributed by atoms with Crippen molar-refractivity contribution in [2.45, 2.75) is 4.90 Å². The number of hydrogen-bond donors (Lipinski definition) is 1. The van der Waals surface area contributed by atoms with Crippen molar-refractivity contribution in [2.75, 3.05) is 11.8 Å². The normalized spacial score (nSPS) is 11.5. The van der Waals surface area contributed by atoms with E-state index in [1.54, 1.807) is 12.1 Å². The molecule has 4 rings (SSSR count). The van der Waals surface area contributed by atoms with E-state index >= 15 is 0 Å². The summed E-state index contributed by atoms with van der Waals surface area (Å²) in [6.07, 6.45) is 4.28. The quantitative estimate of drug-likeness (QED) is 0.422. The van der Waals surface area contributed by atoms with Gasteiger partial charge in [0.2, 0.25) is 5.88 Å². The fourth-order valence-corrected chi connectivity index (χ4v) is 5.34. The molecule has 0 fully saturated rings. The second kappa shape index (κ2) is 8.59. The number of pyridine rings is 2. The number of sulfonamides is 1. The Balaban J connectivity index is 1.81. The van der Waals surface area contributed by atoms with Gasteiger partial charge in [-0.3, -0.25) is 13.9 Å². The van der Waals surface area contributed by atoms with E-state index in [0.29, 0.717) is 16.8 Å². The first kappa shape index (κ1) is 22.3. The van der Waals surface area contributed by atoms with Gasteiger partial charge in [-0.25, -0.2) is 18.4 Å². The van der Waals surface area contributed by atoms with Crippen LogP contribution in [0.4, 0.5) is 5.69 Å². The predicted octanol–water partition coefficient (Wildman–Crippen LogP) is 4.53. The first-order valence-corrected chi connectivity index (χ1v) is 11.5. The monoisotopic (exact) mass is 510 g/mol. The molecule has 3 aromatic heterocycles. The fourth-order valence-electron chi connectivity index (χ4n) is 3.01. The van der Waals surface area contributed by atoms with Crippen molar-refractivity contribution in [3.05, 3.63) is 80.4 Å². The summed E-state index contributed by atoms with van der Waals surface area (Å²) in [7, 11) is -2.82. The van der Waals surface area contributed by atoms with E-state index in [0.717, 1.165) is 0 Å². The smallest absolute Gasteiger partial charge is 0.276 e. The third kappa shape index (κ3) is 4.12. The topological polar surface area (TPSA) is 103 Å². The van der Waals surface area contributed by atoms with Gasteiger partial charge in [0.15, 0.2) is 0 Å². The zero-order valence-corrected chi connectivity index (χ0v) is 19.3. The molecule has 0 bridgehead atoms. The molecule has 1 aromatic carbocycles. The molecule has 0 saturated heterocycles. The van der Waals surface area contributed by atoms with E-state index in [1.807, 2.05) is 0 Å². The lowest BCUT2D eigenvalue weighted by Gasteiger charge is -2.14. The second-order valence-corrected chi connectivity index (χ2v) is 9.34. The molecule has 0 atom stereocenters. The molecule has 32 heavy (non-hydrogen) atoms. The van der Waals surface area contributed by atoms with Gasteiger partial charge in [-0.1, -0.05) is 40.9 Å². The molecule has 1 N–H and O–H groups in total. The van der Waals surface area contributed by atoms with Crippen LogP contribution in [0, 0.1) is 0 Å². The molecule has 0 unspecified atom stereocenters. The first-order chi connectivity index (χ1) is 15.2. The minimum absolute atomic E-state index is 0.0300. The van der Waals surface area contributed by atoms with Gasteiger partial charge >= 0.3 is 0 Å². The van der Waals surface area contributed by atoms with Crippen molar-refractivity contribution in [1.29, 1.82) is 0 Å². The summed E-state index contributed by atoms with van der Waals surface area (Å²) >= 11 is 18.0. The highest BCUT2D eigenvalue weighted by Crippen LogP contribution is 2.34. The van der Waals surface area contributed by atoms with Crippen LogP contribution in [-0.4, -0.2) is 29.9 Å². The van der Waals surface area contributed by atoms with E-state index in [1.165, 1.54) is 54.4 Å². The highest BCUT2D eigenvalue weighted by molar-refractivity contribution is 7.93. The molecule has 0 radical (unpaired) electrons. The van der Waals surface area contributed by atoms with Crippen LogP contribution in [0.2, 0.25) is 15.1 Å². The van der Waals surface area contributed by atoms with E-state index in [-0.39, 0.29) is 31.5 Å². The van der Waals surface area contributed by atoms with E-state index < -0.39 is 15.6 Å². The number of ether oxygens (including phenoxy) is 1. The van der Waals surface area contributed by atoms with Gasteiger partial charge in [0.05, 0.1) is 23.4 Å². The second-order valence-electron chi connectivity index (χ2n) is 6.49. The maximum Gasteiger partial charge on any atom is 0.276 e. The van der Waals surface area contributed by atoms with Crippen LogP contribution in [0.1, 0.15) is 0 Å². The Morgan fingerprint density at radius 3 is 2.38 bits per heavy atom. The van der Waals surface area contributed by atoms with Crippen LogP contribution in [0.5, 0.6) is 5.88 Å². The number of rotatable bonds is 5. The minimum Gasteiger partial charge on any atom is -0.480 e. The average Bonchev–Trinajstić information content (AvgIpc) is 2.75. The molecular formula is C20H13Cl3N4O4S. The van der Waals surface area contributed by atoms with E-state index in [4.69, 9.17) is 39.5 Å². The molecule has 0 spiro atoms. The van der Waals surface area contributed by atoms with Crippen molar-refractivity contribution in [3.63, 3.8) is 0 Å². The SMILES string of the molecule is COc1ncc(-c2ccc3ncc(Cl)c(=O)n3c2)cc1NS(=O)(=O)c1c(Cl)cccc1Cl. The molecule has 0 saturated carbocycles. The predicted molar refractivity (Wildman–Crippen MR) is 124 cm³/mol. The summed E-state index contributed by atoms with van der Waals surface area (Å²) in [5.74, 6) is 0.0307. The molecule has 0 aliphatic carbocycles. The zero-order valence-electron chi connectivity index (χ0n) is 16.2. The van der Waals surface area contributed by atoms with Crippen molar-refractivity contribution in [1.82, 2.24) is 14.4 Å². The maximum absolute atomic E-state index is 13.0. The lowest BCUT2D eigenvalue weighted by molar-refractivity contribution is 0.400. The van der Waals surface area contributed by atoms with Gasteiger partial charge in [0.1, 0.15) is 21.3 Å². The summed E-state index contributed by atoms with van der Waals surface area (Å²) in [6.45, 7) is 0. The van der Waals surface area contributed by atoms with Crippen LogP contribution in [0.15, 0.2) is 64.7 Å². The zero-order chi connectivity index (χ0) is 23.0. The number of nitrogens with one attached hydrogen (secondary N) is 1. The Labute approximate surface area is 197 Å². The maximum atomic E-state index is 13.0. The molecule has 0 aliphatic rings. The molecule has 0 aliphatic heterocycles. The van der Waals surface area contributed by atoms with Gasteiger partial charge in [0.25, 0.3) is 15.6 Å². The number of halogens is 3. The van der Waals surface area contributed by atoms with Crippen LogP contribution in [0.25, 0.3) is 16.8 Å². The number of aromatic nitrogens is 3. The molecule has 12 heteroatoms. The molecule has 8 nitrogen and oxygen atoms in total. The van der Waals surface area contributed by atoms with Crippen LogP contribution < -0.4 is 15.0 Å². The Morgan fingerprint density at radius 1 is 0.969 bits per heavy atom. The summed E-state index contributed by atoms with van der Waals surface area (Å²) in [4.78, 5) is 20.3. The lowest BCUT2D eigenvalue weighted by atomic mass is 10.1. The fraction of sp³-hybridized carbons (Fsp3) is 0.0500. The number of anilines is 1. The number of methoxy groups -OCH3 is 1. The highest BCUT2D eigenvalue weighted by atomic mass is 35.5. The Hall–Kier alpha value is -2.85.